The minimum atomic E-state index is -0.127. The van der Waals surface area contributed by atoms with E-state index in [0.29, 0.717) is 36.5 Å². The summed E-state index contributed by atoms with van der Waals surface area (Å²) in [6.45, 7) is 3.52. The Labute approximate surface area is 144 Å². The first-order chi connectivity index (χ1) is 12.2. The highest BCUT2D eigenvalue weighted by molar-refractivity contribution is 5.94. The maximum absolute atomic E-state index is 12.1. The van der Waals surface area contributed by atoms with E-state index in [0.717, 1.165) is 16.5 Å². The van der Waals surface area contributed by atoms with Gasteiger partial charge in [-0.25, -0.2) is 4.98 Å². The van der Waals surface area contributed by atoms with E-state index < -0.39 is 0 Å². The molecule has 0 spiro atoms. The topological polar surface area (TPSA) is 72.8 Å². The van der Waals surface area contributed by atoms with Crippen LogP contribution in [0.3, 0.4) is 0 Å². The molecule has 0 fully saturated rings. The summed E-state index contributed by atoms with van der Waals surface area (Å²) < 4.78 is 7.59. The molecule has 6 heteroatoms. The summed E-state index contributed by atoms with van der Waals surface area (Å²) in [7, 11) is 0. The molecule has 0 aliphatic rings. The maximum Gasteiger partial charge on any atom is 0.258 e. The fourth-order valence-electron chi connectivity index (χ4n) is 2.92. The van der Waals surface area contributed by atoms with Crippen molar-refractivity contribution in [2.75, 3.05) is 6.61 Å². The summed E-state index contributed by atoms with van der Waals surface area (Å²) in [6.07, 6.45) is 1.80. The molecule has 25 heavy (non-hydrogen) atoms. The standard InChI is InChI=1S/C19H18N4O2/c1-13-21-17-9-15-11-20-23(18(15)10-16(17)19(24)22-13)7-8-25-12-14-5-3-2-4-6-14/h2-6,9-11H,7-8,12H2,1H3,(H,21,22,24). The Morgan fingerprint density at radius 1 is 1.20 bits per heavy atom. The Morgan fingerprint density at radius 2 is 2.04 bits per heavy atom. The van der Waals surface area contributed by atoms with Crippen molar-refractivity contribution in [2.45, 2.75) is 20.1 Å². The van der Waals surface area contributed by atoms with E-state index in [4.69, 9.17) is 4.74 Å². The van der Waals surface area contributed by atoms with Gasteiger partial charge in [0.2, 0.25) is 0 Å². The van der Waals surface area contributed by atoms with Gasteiger partial charge in [0, 0.05) is 5.39 Å². The van der Waals surface area contributed by atoms with E-state index >= 15 is 0 Å². The lowest BCUT2D eigenvalue weighted by Crippen LogP contribution is -2.10. The zero-order chi connectivity index (χ0) is 17.2. The van der Waals surface area contributed by atoms with Gasteiger partial charge < -0.3 is 9.72 Å². The molecule has 126 valence electrons. The first-order valence-corrected chi connectivity index (χ1v) is 8.18. The van der Waals surface area contributed by atoms with Gasteiger partial charge in [-0.15, -0.1) is 0 Å². The number of aryl methyl sites for hydroxylation is 1. The van der Waals surface area contributed by atoms with Crippen LogP contribution in [-0.4, -0.2) is 26.4 Å². The van der Waals surface area contributed by atoms with Gasteiger partial charge in [-0.2, -0.15) is 5.10 Å². The fourth-order valence-corrected chi connectivity index (χ4v) is 2.92. The van der Waals surface area contributed by atoms with Crippen LogP contribution in [0.5, 0.6) is 0 Å². The second-order valence-electron chi connectivity index (χ2n) is 5.99. The zero-order valence-corrected chi connectivity index (χ0v) is 13.9. The molecule has 0 atom stereocenters. The molecular formula is C19H18N4O2. The highest BCUT2D eigenvalue weighted by atomic mass is 16.5. The van der Waals surface area contributed by atoms with Crippen molar-refractivity contribution in [1.29, 1.82) is 0 Å². The molecule has 0 saturated carbocycles. The third kappa shape index (κ3) is 3.16. The minimum Gasteiger partial charge on any atom is -0.375 e. The molecule has 0 amide bonds. The Bertz CT molecular complexity index is 1080. The van der Waals surface area contributed by atoms with E-state index in [1.165, 1.54) is 0 Å². The minimum absolute atomic E-state index is 0.127. The SMILES string of the molecule is Cc1nc2cc3cnn(CCOCc4ccccc4)c3cc2c(=O)[nH]1. The third-order valence-electron chi connectivity index (χ3n) is 4.15. The maximum atomic E-state index is 12.1. The van der Waals surface area contributed by atoms with Gasteiger partial charge in [0.15, 0.2) is 0 Å². The number of hydrogen-bond acceptors (Lipinski definition) is 4. The number of hydrogen-bond donors (Lipinski definition) is 1. The van der Waals surface area contributed by atoms with E-state index in [-0.39, 0.29) is 5.56 Å². The highest BCUT2D eigenvalue weighted by Crippen LogP contribution is 2.19. The lowest BCUT2D eigenvalue weighted by atomic mass is 10.2. The summed E-state index contributed by atoms with van der Waals surface area (Å²) >= 11 is 0. The van der Waals surface area contributed by atoms with Crippen LogP contribution >= 0.6 is 0 Å². The van der Waals surface area contributed by atoms with Gasteiger partial charge in [-0.3, -0.25) is 9.48 Å². The molecule has 0 saturated heterocycles. The molecule has 0 unspecified atom stereocenters. The molecular weight excluding hydrogens is 316 g/mol. The van der Waals surface area contributed by atoms with Crippen molar-refractivity contribution >= 4 is 21.8 Å². The van der Waals surface area contributed by atoms with Gasteiger partial charge >= 0.3 is 0 Å². The van der Waals surface area contributed by atoms with Crippen LogP contribution in [-0.2, 0) is 17.9 Å². The molecule has 0 bridgehead atoms. The second kappa shape index (κ2) is 6.49. The average molecular weight is 334 g/mol. The van der Waals surface area contributed by atoms with Gasteiger partial charge in [0.1, 0.15) is 5.82 Å². The first kappa shape index (κ1) is 15.5. The molecule has 0 aliphatic heterocycles. The van der Waals surface area contributed by atoms with Crippen LogP contribution in [0.1, 0.15) is 11.4 Å². The Balaban J connectivity index is 1.54. The van der Waals surface area contributed by atoms with E-state index in [1.54, 1.807) is 13.1 Å². The molecule has 2 aromatic carbocycles. The number of benzene rings is 2. The van der Waals surface area contributed by atoms with Crippen LogP contribution in [0.15, 0.2) is 53.5 Å². The van der Waals surface area contributed by atoms with E-state index in [2.05, 4.69) is 15.1 Å². The molecule has 2 aromatic heterocycles. The number of aromatic nitrogens is 4. The second-order valence-corrected chi connectivity index (χ2v) is 5.99. The Hall–Kier alpha value is -2.99. The quantitative estimate of drug-likeness (QED) is 0.570. The Kier molecular flexibility index (Phi) is 4.03. The predicted molar refractivity (Wildman–Crippen MR) is 96.5 cm³/mol. The largest absolute Gasteiger partial charge is 0.375 e. The van der Waals surface area contributed by atoms with Crippen molar-refractivity contribution in [1.82, 2.24) is 19.7 Å². The molecule has 1 N–H and O–H groups in total. The van der Waals surface area contributed by atoms with Crippen molar-refractivity contribution < 1.29 is 4.74 Å². The molecule has 6 nitrogen and oxygen atoms in total. The van der Waals surface area contributed by atoms with Gasteiger partial charge in [-0.05, 0) is 24.6 Å². The van der Waals surface area contributed by atoms with Gasteiger partial charge in [0.05, 0.1) is 42.4 Å². The number of fused-ring (bicyclic) bond motifs is 2. The van der Waals surface area contributed by atoms with Crippen LogP contribution in [0.4, 0.5) is 0 Å². The number of H-pyrrole nitrogens is 1. The van der Waals surface area contributed by atoms with Crippen LogP contribution in [0.2, 0.25) is 0 Å². The summed E-state index contributed by atoms with van der Waals surface area (Å²) in [4.78, 5) is 19.3. The van der Waals surface area contributed by atoms with Gasteiger partial charge in [0.25, 0.3) is 5.56 Å². The van der Waals surface area contributed by atoms with Crippen LogP contribution in [0, 0.1) is 6.92 Å². The third-order valence-corrected chi connectivity index (χ3v) is 4.15. The first-order valence-electron chi connectivity index (χ1n) is 8.18. The molecule has 2 heterocycles. The average Bonchev–Trinajstić information content (AvgIpc) is 3.00. The lowest BCUT2D eigenvalue weighted by Gasteiger charge is -2.06. The summed E-state index contributed by atoms with van der Waals surface area (Å²) in [5, 5.41) is 5.95. The lowest BCUT2D eigenvalue weighted by molar-refractivity contribution is 0.111. The Morgan fingerprint density at radius 3 is 2.88 bits per heavy atom. The summed E-state index contributed by atoms with van der Waals surface area (Å²) in [5.41, 5.74) is 2.62. The highest BCUT2D eigenvalue weighted by Gasteiger charge is 2.08. The predicted octanol–water partition coefficient (Wildman–Crippen LogP) is 2.80. The van der Waals surface area contributed by atoms with Crippen LogP contribution in [0.25, 0.3) is 21.8 Å². The number of nitrogens with zero attached hydrogens (tertiary/aromatic N) is 3. The smallest absolute Gasteiger partial charge is 0.258 e. The summed E-state index contributed by atoms with van der Waals surface area (Å²) in [5.74, 6) is 0.610. The number of ether oxygens (including phenoxy) is 1. The fraction of sp³-hybridized carbons (Fsp3) is 0.211. The number of nitrogens with one attached hydrogen (secondary N) is 1. The van der Waals surface area contributed by atoms with Crippen molar-refractivity contribution in [3.8, 4) is 0 Å². The van der Waals surface area contributed by atoms with Crippen molar-refractivity contribution in [3.05, 3.63) is 70.4 Å². The molecule has 0 radical (unpaired) electrons. The molecule has 0 aliphatic carbocycles. The molecule has 4 rings (SSSR count). The van der Waals surface area contributed by atoms with E-state index in [1.807, 2.05) is 47.1 Å². The van der Waals surface area contributed by atoms with Crippen molar-refractivity contribution in [2.24, 2.45) is 0 Å². The molecule has 4 aromatic rings. The van der Waals surface area contributed by atoms with Gasteiger partial charge in [-0.1, -0.05) is 30.3 Å². The van der Waals surface area contributed by atoms with E-state index in [9.17, 15) is 4.79 Å². The van der Waals surface area contributed by atoms with Crippen LogP contribution < -0.4 is 5.56 Å². The normalized spacial score (nSPS) is 11.4. The summed E-state index contributed by atoms with van der Waals surface area (Å²) in [6, 6.07) is 13.8. The monoisotopic (exact) mass is 334 g/mol. The number of rotatable bonds is 5. The van der Waals surface area contributed by atoms with Crippen molar-refractivity contribution in [3.63, 3.8) is 0 Å². The number of aromatic amines is 1. The zero-order valence-electron chi connectivity index (χ0n) is 13.9.